The number of hydrogen-bond donors (Lipinski definition) is 2. The molecule has 0 saturated heterocycles. The maximum atomic E-state index is 12.9. The normalized spacial score (nSPS) is 12.0. The Balaban J connectivity index is 2.36. The predicted octanol–water partition coefficient (Wildman–Crippen LogP) is 1.57. The van der Waals surface area contributed by atoms with Crippen LogP contribution in [0.25, 0.3) is 0 Å². The summed E-state index contributed by atoms with van der Waals surface area (Å²) >= 11 is 5.58. The number of nitrogens with one attached hydrogen (secondary N) is 1. The molecule has 4 nitrogen and oxygen atoms in total. The summed E-state index contributed by atoms with van der Waals surface area (Å²) in [6, 6.07) is 3.93. The van der Waals surface area contributed by atoms with Gasteiger partial charge in [0.15, 0.2) is 6.61 Å². The number of ether oxygens (including phenoxy) is 1. The van der Waals surface area contributed by atoms with E-state index in [1.165, 1.54) is 18.2 Å². The van der Waals surface area contributed by atoms with E-state index < -0.39 is 5.82 Å². The van der Waals surface area contributed by atoms with Crippen molar-refractivity contribution in [3.05, 3.63) is 29.0 Å². The van der Waals surface area contributed by atoms with Crippen LogP contribution < -0.4 is 15.8 Å². The zero-order chi connectivity index (χ0) is 13.5. The molecule has 1 amide bonds. The van der Waals surface area contributed by atoms with Gasteiger partial charge in [0.1, 0.15) is 11.6 Å². The highest BCUT2D eigenvalue weighted by Gasteiger charge is 2.06. The fourth-order valence-electron chi connectivity index (χ4n) is 1.14. The number of hydrogen-bond acceptors (Lipinski definition) is 3. The zero-order valence-electron chi connectivity index (χ0n) is 10.1. The van der Waals surface area contributed by atoms with Gasteiger partial charge in [0, 0.05) is 12.6 Å². The lowest BCUT2D eigenvalue weighted by molar-refractivity contribution is -0.123. The van der Waals surface area contributed by atoms with Crippen molar-refractivity contribution in [2.24, 2.45) is 11.7 Å². The molecule has 3 N–H and O–H groups in total. The van der Waals surface area contributed by atoms with E-state index in [1.54, 1.807) is 0 Å². The molecule has 0 fully saturated rings. The first-order chi connectivity index (χ1) is 8.52. The Morgan fingerprint density at radius 1 is 1.61 bits per heavy atom. The Kier molecular flexibility index (Phi) is 5.88. The number of carbonyl (C=O) groups excluding carboxylic acids is 1. The van der Waals surface area contributed by atoms with E-state index in [0.29, 0.717) is 18.8 Å². The Hall–Kier alpha value is -1.33. The number of halogens is 2. The molecule has 0 aromatic heterocycles. The van der Waals surface area contributed by atoms with E-state index in [0.717, 1.165) is 0 Å². The van der Waals surface area contributed by atoms with Crippen molar-refractivity contribution in [1.82, 2.24) is 5.32 Å². The second-order valence-corrected chi connectivity index (χ2v) is 4.42. The van der Waals surface area contributed by atoms with Gasteiger partial charge in [0.05, 0.1) is 5.02 Å². The van der Waals surface area contributed by atoms with Crippen LogP contribution in [-0.4, -0.2) is 25.6 Å². The predicted molar refractivity (Wildman–Crippen MR) is 68.1 cm³/mol. The molecule has 1 aromatic rings. The van der Waals surface area contributed by atoms with Gasteiger partial charge < -0.3 is 15.8 Å². The molecule has 0 radical (unpaired) electrons. The molecule has 1 aromatic carbocycles. The summed E-state index contributed by atoms with van der Waals surface area (Å²) in [5, 5.41) is 2.64. The van der Waals surface area contributed by atoms with Gasteiger partial charge >= 0.3 is 0 Å². The number of carbonyl (C=O) groups is 1. The van der Waals surface area contributed by atoms with Gasteiger partial charge in [-0.25, -0.2) is 4.39 Å². The fourth-order valence-corrected chi connectivity index (χ4v) is 1.31. The standard InChI is InChI=1S/C12H16ClFN2O2/c1-8(5-15)6-16-12(17)7-18-9-2-3-11(14)10(13)4-9/h2-4,8H,5-7,15H2,1H3,(H,16,17). The SMILES string of the molecule is CC(CN)CNC(=O)COc1ccc(F)c(Cl)c1. The molecule has 18 heavy (non-hydrogen) atoms. The molecule has 0 heterocycles. The maximum Gasteiger partial charge on any atom is 0.257 e. The van der Waals surface area contributed by atoms with E-state index in [1.807, 2.05) is 6.92 Å². The van der Waals surface area contributed by atoms with Crippen molar-refractivity contribution < 1.29 is 13.9 Å². The molecule has 0 aliphatic heterocycles. The first-order valence-electron chi connectivity index (χ1n) is 5.57. The average molecular weight is 275 g/mol. The topological polar surface area (TPSA) is 64.3 Å². The molecule has 1 rings (SSSR count). The smallest absolute Gasteiger partial charge is 0.257 e. The first-order valence-corrected chi connectivity index (χ1v) is 5.95. The van der Waals surface area contributed by atoms with Gasteiger partial charge in [-0.3, -0.25) is 4.79 Å². The summed E-state index contributed by atoms with van der Waals surface area (Å²) in [5.74, 6) is -0.210. The average Bonchev–Trinajstić information content (AvgIpc) is 2.37. The van der Waals surface area contributed by atoms with Crippen molar-refractivity contribution in [3.63, 3.8) is 0 Å². The van der Waals surface area contributed by atoms with E-state index in [2.05, 4.69) is 5.32 Å². The third-order valence-corrected chi connectivity index (χ3v) is 2.60. The van der Waals surface area contributed by atoms with Crippen molar-refractivity contribution in [2.45, 2.75) is 6.92 Å². The van der Waals surface area contributed by atoms with Gasteiger partial charge in [0.25, 0.3) is 5.91 Å². The van der Waals surface area contributed by atoms with Crippen molar-refractivity contribution >= 4 is 17.5 Å². The summed E-state index contributed by atoms with van der Waals surface area (Å²) in [6.07, 6.45) is 0. The molecular weight excluding hydrogens is 259 g/mol. The molecule has 0 bridgehead atoms. The van der Waals surface area contributed by atoms with Crippen LogP contribution in [0.2, 0.25) is 5.02 Å². The monoisotopic (exact) mass is 274 g/mol. The second kappa shape index (κ2) is 7.18. The van der Waals surface area contributed by atoms with E-state index >= 15 is 0 Å². The highest BCUT2D eigenvalue weighted by Crippen LogP contribution is 2.20. The summed E-state index contributed by atoms with van der Waals surface area (Å²) in [5.41, 5.74) is 5.42. The molecule has 0 aliphatic rings. The van der Waals surface area contributed by atoms with Gasteiger partial charge in [0.2, 0.25) is 0 Å². The minimum absolute atomic E-state index is 0.0373. The number of benzene rings is 1. The molecule has 100 valence electrons. The molecule has 1 atom stereocenters. The van der Waals surface area contributed by atoms with Crippen LogP contribution in [0.15, 0.2) is 18.2 Å². The number of nitrogens with two attached hydrogens (primary N) is 1. The minimum Gasteiger partial charge on any atom is -0.484 e. The third-order valence-electron chi connectivity index (χ3n) is 2.31. The Morgan fingerprint density at radius 2 is 2.33 bits per heavy atom. The third kappa shape index (κ3) is 4.89. The molecule has 1 unspecified atom stereocenters. The lowest BCUT2D eigenvalue weighted by Gasteiger charge is -2.11. The largest absolute Gasteiger partial charge is 0.484 e. The fraction of sp³-hybridized carbons (Fsp3) is 0.417. The van der Waals surface area contributed by atoms with Crippen LogP contribution in [0, 0.1) is 11.7 Å². The van der Waals surface area contributed by atoms with Crippen LogP contribution in [0.5, 0.6) is 5.75 Å². The van der Waals surface area contributed by atoms with Crippen molar-refractivity contribution in [3.8, 4) is 5.75 Å². The van der Waals surface area contributed by atoms with Crippen molar-refractivity contribution in [2.75, 3.05) is 19.7 Å². The van der Waals surface area contributed by atoms with Gasteiger partial charge in [-0.05, 0) is 24.6 Å². The van der Waals surface area contributed by atoms with E-state index in [9.17, 15) is 9.18 Å². The van der Waals surface area contributed by atoms with E-state index in [4.69, 9.17) is 22.1 Å². The highest BCUT2D eigenvalue weighted by molar-refractivity contribution is 6.30. The van der Waals surface area contributed by atoms with Crippen molar-refractivity contribution in [1.29, 1.82) is 0 Å². The quantitative estimate of drug-likeness (QED) is 0.828. The number of amides is 1. The lowest BCUT2D eigenvalue weighted by Crippen LogP contribution is -2.34. The zero-order valence-corrected chi connectivity index (χ0v) is 10.8. The summed E-state index contributed by atoms with van der Waals surface area (Å²) in [4.78, 5) is 11.4. The Bertz CT molecular complexity index is 415. The minimum atomic E-state index is -0.523. The maximum absolute atomic E-state index is 12.9. The van der Waals surface area contributed by atoms with Gasteiger partial charge in [-0.15, -0.1) is 0 Å². The number of rotatable bonds is 6. The molecule has 6 heteroatoms. The molecule has 0 aliphatic carbocycles. The second-order valence-electron chi connectivity index (χ2n) is 4.01. The van der Waals surface area contributed by atoms with Crippen LogP contribution >= 0.6 is 11.6 Å². The first kappa shape index (κ1) is 14.7. The van der Waals surface area contributed by atoms with Gasteiger partial charge in [-0.1, -0.05) is 18.5 Å². The summed E-state index contributed by atoms with van der Waals surface area (Å²) in [7, 11) is 0. The molecule has 0 saturated carbocycles. The van der Waals surface area contributed by atoms with Crippen LogP contribution in [0.3, 0.4) is 0 Å². The Labute approximate surface area is 110 Å². The lowest BCUT2D eigenvalue weighted by atomic mass is 10.2. The summed E-state index contributed by atoms with van der Waals surface area (Å²) in [6.45, 7) is 2.80. The van der Waals surface area contributed by atoms with Crippen LogP contribution in [0.4, 0.5) is 4.39 Å². The van der Waals surface area contributed by atoms with Crippen LogP contribution in [-0.2, 0) is 4.79 Å². The van der Waals surface area contributed by atoms with Crippen LogP contribution in [0.1, 0.15) is 6.92 Å². The molecular formula is C12H16ClFN2O2. The van der Waals surface area contributed by atoms with Gasteiger partial charge in [-0.2, -0.15) is 0 Å². The summed E-state index contributed by atoms with van der Waals surface area (Å²) < 4.78 is 18.0. The molecule has 0 spiro atoms. The Morgan fingerprint density at radius 3 is 2.94 bits per heavy atom. The van der Waals surface area contributed by atoms with E-state index in [-0.39, 0.29) is 23.5 Å². The highest BCUT2D eigenvalue weighted by atomic mass is 35.5.